The molecule has 2 aromatic carbocycles. The zero-order valence-electron chi connectivity index (χ0n) is 16.0. The van der Waals surface area contributed by atoms with Gasteiger partial charge in [0.2, 0.25) is 5.91 Å². The molecule has 1 amide bonds. The monoisotopic (exact) mass is 403 g/mol. The number of nitrogens with one attached hydrogen (secondary N) is 1. The van der Waals surface area contributed by atoms with Crippen molar-refractivity contribution in [3.8, 4) is 11.5 Å². The van der Waals surface area contributed by atoms with E-state index in [2.05, 4.69) is 5.32 Å². The average molecular weight is 404 g/mol. The number of fused-ring (bicyclic) bond motifs is 1. The molecule has 1 heterocycles. The highest BCUT2D eigenvalue weighted by Crippen LogP contribution is 2.35. The molecule has 8 heteroatoms. The van der Waals surface area contributed by atoms with Gasteiger partial charge in [0, 0.05) is 25.6 Å². The number of imidazole rings is 1. The third kappa shape index (κ3) is 3.71. The fraction of sp³-hybridized carbons (Fsp3) is 0.300. The van der Waals surface area contributed by atoms with E-state index in [-0.39, 0.29) is 24.6 Å². The van der Waals surface area contributed by atoms with E-state index in [9.17, 15) is 9.59 Å². The van der Waals surface area contributed by atoms with E-state index < -0.39 is 0 Å². The number of hydrogen-bond donors (Lipinski definition) is 1. The molecule has 0 saturated carbocycles. The zero-order chi connectivity index (χ0) is 20.3. The smallest absolute Gasteiger partial charge is 0.329 e. The second-order valence-corrected chi connectivity index (χ2v) is 6.56. The summed E-state index contributed by atoms with van der Waals surface area (Å²) in [4.78, 5) is 25.1. The maximum atomic E-state index is 12.6. The third-order valence-corrected chi connectivity index (χ3v) is 4.85. The van der Waals surface area contributed by atoms with Crippen LogP contribution in [0.2, 0.25) is 5.02 Å². The Bertz CT molecular complexity index is 1070. The quantitative estimate of drug-likeness (QED) is 0.655. The molecular formula is C20H22ClN3O4. The summed E-state index contributed by atoms with van der Waals surface area (Å²) in [7, 11) is 3.00. The minimum Gasteiger partial charge on any atom is -0.495 e. The van der Waals surface area contributed by atoms with Crippen LogP contribution in [0, 0.1) is 0 Å². The van der Waals surface area contributed by atoms with Crippen LogP contribution in [0.3, 0.4) is 0 Å². The van der Waals surface area contributed by atoms with Crippen molar-refractivity contribution in [2.75, 3.05) is 19.5 Å². The number of halogens is 1. The standard InChI is InChI=1S/C20H22ClN3O4/c1-4-23-15-7-5-6-8-16(15)24(20(23)26)10-9-19(25)22-14-11-13(21)17(27-2)12-18(14)28-3/h5-8,11-12H,4,9-10H2,1-3H3,(H,22,25). The fourth-order valence-corrected chi connectivity index (χ4v) is 3.42. The molecule has 7 nitrogen and oxygen atoms in total. The molecule has 1 aromatic heterocycles. The van der Waals surface area contributed by atoms with Gasteiger partial charge in [-0.3, -0.25) is 13.9 Å². The summed E-state index contributed by atoms with van der Waals surface area (Å²) in [5, 5.41) is 3.15. The lowest BCUT2D eigenvalue weighted by Gasteiger charge is -2.13. The molecule has 0 spiro atoms. The number of amides is 1. The Balaban J connectivity index is 1.79. The highest BCUT2D eigenvalue weighted by molar-refractivity contribution is 6.32. The van der Waals surface area contributed by atoms with Crippen LogP contribution in [0.15, 0.2) is 41.2 Å². The van der Waals surface area contributed by atoms with E-state index in [0.717, 1.165) is 11.0 Å². The molecule has 0 unspecified atom stereocenters. The Morgan fingerprint density at radius 3 is 2.32 bits per heavy atom. The maximum Gasteiger partial charge on any atom is 0.329 e. The van der Waals surface area contributed by atoms with E-state index in [0.29, 0.717) is 28.8 Å². The van der Waals surface area contributed by atoms with Crippen LogP contribution in [0.5, 0.6) is 11.5 Å². The number of methoxy groups -OCH3 is 2. The third-order valence-electron chi connectivity index (χ3n) is 4.55. The average Bonchev–Trinajstić information content (AvgIpc) is 2.97. The molecule has 0 atom stereocenters. The molecule has 0 aliphatic heterocycles. The second-order valence-electron chi connectivity index (χ2n) is 6.15. The topological polar surface area (TPSA) is 74.5 Å². The van der Waals surface area contributed by atoms with Crippen LogP contribution >= 0.6 is 11.6 Å². The van der Waals surface area contributed by atoms with Gasteiger partial charge in [-0.1, -0.05) is 23.7 Å². The second kappa shape index (κ2) is 8.39. The SMILES string of the molecule is CCn1c(=O)n(CCC(=O)Nc2cc(Cl)c(OC)cc2OC)c2ccccc21. The number of aromatic nitrogens is 2. The zero-order valence-corrected chi connectivity index (χ0v) is 16.7. The first kappa shape index (κ1) is 19.8. The summed E-state index contributed by atoms with van der Waals surface area (Å²) in [6.07, 6.45) is 0.129. The largest absolute Gasteiger partial charge is 0.495 e. The molecular weight excluding hydrogens is 382 g/mol. The number of ether oxygens (including phenoxy) is 2. The molecule has 3 rings (SSSR count). The molecule has 3 aromatic rings. The van der Waals surface area contributed by atoms with E-state index in [4.69, 9.17) is 21.1 Å². The van der Waals surface area contributed by atoms with Gasteiger partial charge in [0.25, 0.3) is 0 Å². The van der Waals surface area contributed by atoms with E-state index in [1.807, 2.05) is 31.2 Å². The Morgan fingerprint density at radius 1 is 1.07 bits per heavy atom. The highest BCUT2D eigenvalue weighted by atomic mass is 35.5. The number of nitrogens with zero attached hydrogens (tertiary/aromatic N) is 2. The van der Waals surface area contributed by atoms with Gasteiger partial charge in [0.05, 0.1) is 36.0 Å². The molecule has 0 radical (unpaired) electrons. The van der Waals surface area contributed by atoms with Crippen molar-refractivity contribution in [3.05, 3.63) is 51.9 Å². The lowest BCUT2D eigenvalue weighted by Crippen LogP contribution is -2.25. The minimum absolute atomic E-state index is 0.124. The normalized spacial score (nSPS) is 10.9. The summed E-state index contributed by atoms with van der Waals surface area (Å²) < 4.78 is 13.8. The molecule has 0 saturated heterocycles. The van der Waals surface area contributed by atoms with Crippen LogP contribution in [-0.4, -0.2) is 29.3 Å². The summed E-state index contributed by atoms with van der Waals surface area (Å²) in [6, 6.07) is 10.7. The van der Waals surface area contributed by atoms with Crippen molar-refractivity contribution >= 4 is 34.2 Å². The molecule has 0 bridgehead atoms. The number of carbonyl (C=O) groups excluding carboxylic acids is 1. The first-order chi connectivity index (χ1) is 13.5. The number of carbonyl (C=O) groups is 1. The van der Waals surface area contributed by atoms with Crippen LogP contribution < -0.4 is 20.5 Å². The van der Waals surface area contributed by atoms with Gasteiger partial charge in [0.1, 0.15) is 11.5 Å². The maximum absolute atomic E-state index is 12.6. The Hall–Kier alpha value is -2.93. The molecule has 148 valence electrons. The summed E-state index contributed by atoms with van der Waals surface area (Å²) in [6.45, 7) is 2.76. The highest BCUT2D eigenvalue weighted by Gasteiger charge is 2.15. The predicted octanol–water partition coefficient (Wildman–Crippen LogP) is 3.52. The molecule has 0 fully saturated rings. The van der Waals surface area contributed by atoms with Crippen LogP contribution in [0.4, 0.5) is 5.69 Å². The Kier molecular flexibility index (Phi) is 5.94. The Labute approximate surface area is 167 Å². The van der Waals surface area contributed by atoms with Gasteiger partial charge in [-0.15, -0.1) is 0 Å². The molecule has 0 aliphatic carbocycles. The van der Waals surface area contributed by atoms with E-state index in [1.54, 1.807) is 21.3 Å². The lowest BCUT2D eigenvalue weighted by molar-refractivity contribution is -0.116. The van der Waals surface area contributed by atoms with Gasteiger partial charge in [0.15, 0.2) is 0 Å². The van der Waals surface area contributed by atoms with Gasteiger partial charge in [-0.05, 0) is 25.1 Å². The van der Waals surface area contributed by atoms with Crippen molar-refractivity contribution < 1.29 is 14.3 Å². The van der Waals surface area contributed by atoms with Crippen molar-refractivity contribution in [1.29, 1.82) is 0 Å². The van der Waals surface area contributed by atoms with Crippen LogP contribution in [0.25, 0.3) is 11.0 Å². The summed E-state index contributed by atoms with van der Waals surface area (Å²) >= 11 is 6.14. The number of hydrogen-bond acceptors (Lipinski definition) is 4. The van der Waals surface area contributed by atoms with Gasteiger partial charge >= 0.3 is 5.69 Å². The van der Waals surface area contributed by atoms with E-state index >= 15 is 0 Å². The Morgan fingerprint density at radius 2 is 1.71 bits per heavy atom. The first-order valence-corrected chi connectivity index (χ1v) is 9.27. The fourth-order valence-electron chi connectivity index (χ4n) is 3.18. The first-order valence-electron chi connectivity index (χ1n) is 8.89. The molecule has 1 N–H and O–H groups in total. The van der Waals surface area contributed by atoms with Gasteiger partial charge in [-0.25, -0.2) is 4.79 Å². The lowest BCUT2D eigenvalue weighted by atomic mass is 10.2. The number of rotatable bonds is 7. The molecule has 28 heavy (non-hydrogen) atoms. The van der Waals surface area contributed by atoms with Gasteiger partial charge in [-0.2, -0.15) is 0 Å². The van der Waals surface area contributed by atoms with Crippen molar-refractivity contribution in [1.82, 2.24) is 9.13 Å². The number of anilines is 1. The summed E-state index contributed by atoms with van der Waals surface area (Å²) in [5.41, 5.74) is 1.99. The number of benzene rings is 2. The predicted molar refractivity (Wildman–Crippen MR) is 110 cm³/mol. The number of aryl methyl sites for hydroxylation is 2. The van der Waals surface area contributed by atoms with E-state index in [1.165, 1.54) is 14.2 Å². The van der Waals surface area contributed by atoms with Crippen molar-refractivity contribution in [2.45, 2.75) is 26.4 Å². The van der Waals surface area contributed by atoms with Crippen molar-refractivity contribution in [3.63, 3.8) is 0 Å². The van der Waals surface area contributed by atoms with Gasteiger partial charge < -0.3 is 14.8 Å². The van der Waals surface area contributed by atoms with Crippen LogP contribution in [-0.2, 0) is 17.9 Å². The number of para-hydroxylation sites is 2. The summed E-state index contributed by atoms with van der Waals surface area (Å²) in [5.74, 6) is 0.643. The molecule has 0 aliphatic rings. The minimum atomic E-state index is -0.250. The van der Waals surface area contributed by atoms with Crippen LogP contribution in [0.1, 0.15) is 13.3 Å². The van der Waals surface area contributed by atoms with Crippen molar-refractivity contribution in [2.24, 2.45) is 0 Å².